The molecule has 0 aliphatic carbocycles. The van der Waals surface area contributed by atoms with Crippen molar-refractivity contribution in [3.05, 3.63) is 52.8 Å². The van der Waals surface area contributed by atoms with Crippen molar-refractivity contribution in [2.45, 2.75) is 25.0 Å². The molecule has 1 N–H and O–H groups in total. The highest BCUT2D eigenvalue weighted by Gasteiger charge is 2.21. The summed E-state index contributed by atoms with van der Waals surface area (Å²) >= 11 is 5.92. The summed E-state index contributed by atoms with van der Waals surface area (Å²) in [6.45, 7) is 2.03. The first-order valence-corrected chi connectivity index (χ1v) is 9.04. The molecule has 8 heteroatoms. The molecule has 0 radical (unpaired) electrons. The van der Waals surface area contributed by atoms with Crippen LogP contribution in [0, 0.1) is 0 Å². The molecule has 0 fully saturated rings. The number of hydrogen-bond donors (Lipinski definition) is 1. The molecule has 0 bridgehead atoms. The smallest absolute Gasteiger partial charge is 0.271 e. The number of halogens is 1. The van der Waals surface area contributed by atoms with Crippen LogP contribution in [0.1, 0.15) is 29.4 Å². The van der Waals surface area contributed by atoms with Crippen LogP contribution >= 0.6 is 11.6 Å². The maximum atomic E-state index is 12.2. The Morgan fingerprint density at radius 3 is 2.61 bits per heavy atom. The maximum absolute atomic E-state index is 12.2. The molecule has 0 atom stereocenters. The van der Waals surface area contributed by atoms with Gasteiger partial charge in [0, 0.05) is 6.54 Å². The number of carbonyl (C=O) groups excluding carboxylic acids is 1. The van der Waals surface area contributed by atoms with E-state index in [-0.39, 0.29) is 28.2 Å². The number of nitrogens with zero attached hydrogens (tertiary/aromatic N) is 2. The number of rotatable bonds is 6. The molecule has 0 aliphatic rings. The lowest BCUT2D eigenvalue weighted by atomic mass is 10.2. The molecule has 122 valence electrons. The molecule has 0 aliphatic heterocycles. The van der Waals surface area contributed by atoms with E-state index in [0.717, 1.165) is 11.8 Å². The highest BCUT2D eigenvalue weighted by molar-refractivity contribution is 7.91. The average molecular weight is 354 g/mol. The Hall–Kier alpha value is -1.99. The summed E-state index contributed by atoms with van der Waals surface area (Å²) in [4.78, 5) is 19.7. The van der Waals surface area contributed by atoms with E-state index in [2.05, 4.69) is 15.3 Å². The number of sulfone groups is 1. The standard InChI is InChI=1S/C15H16ClN3O3S/c1-2-8-23(21,22)15-18-10-12(16)13(19-15)14(20)17-9-11-6-4-3-5-7-11/h3-7,10H,2,8-9H2,1H3,(H,17,20). The molecule has 1 heterocycles. The zero-order chi connectivity index (χ0) is 16.9. The van der Waals surface area contributed by atoms with E-state index in [9.17, 15) is 13.2 Å². The number of aromatic nitrogens is 2. The fourth-order valence-corrected chi connectivity index (χ4v) is 3.22. The second-order valence-corrected chi connectivity index (χ2v) is 7.25. The fraction of sp³-hybridized carbons (Fsp3) is 0.267. The molecular weight excluding hydrogens is 338 g/mol. The fourth-order valence-electron chi connectivity index (χ4n) is 1.88. The van der Waals surface area contributed by atoms with Gasteiger partial charge in [-0.15, -0.1) is 0 Å². The van der Waals surface area contributed by atoms with Crippen molar-refractivity contribution in [1.82, 2.24) is 15.3 Å². The van der Waals surface area contributed by atoms with E-state index in [1.165, 1.54) is 0 Å². The number of nitrogens with one attached hydrogen (secondary N) is 1. The summed E-state index contributed by atoms with van der Waals surface area (Å²) in [5.74, 6) is -0.631. The van der Waals surface area contributed by atoms with Crippen LogP contribution < -0.4 is 5.32 Å². The van der Waals surface area contributed by atoms with E-state index < -0.39 is 15.7 Å². The van der Waals surface area contributed by atoms with Gasteiger partial charge in [0.05, 0.1) is 17.0 Å². The number of carbonyl (C=O) groups is 1. The van der Waals surface area contributed by atoms with Gasteiger partial charge >= 0.3 is 0 Å². The number of hydrogen-bond acceptors (Lipinski definition) is 5. The minimum absolute atomic E-state index is 0.00556. The Balaban J connectivity index is 2.20. The predicted molar refractivity (Wildman–Crippen MR) is 87.0 cm³/mol. The van der Waals surface area contributed by atoms with Gasteiger partial charge in [-0.2, -0.15) is 0 Å². The van der Waals surface area contributed by atoms with Gasteiger partial charge in [-0.1, -0.05) is 48.9 Å². The molecule has 1 aromatic carbocycles. The van der Waals surface area contributed by atoms with E-state index in [1.807, 2.05) is 30.3 Å². The molecule has 0 spiro atoms. The van der Waals surface area contributed by atoms with Crippen LogP contribution in [0.15, 0.2) is 41.7 Å². The Labute approximate surface area is 139 Å². The Bertz CT molecular complexity index is 795. The Morgan fingerprint density at radius 1 is 1.26 bits per heavy atom. The van der Waals surface area contributed by atoms with Gasteiger partial charge < -0.3 is 5.32 Å². The summed E-state index contributed by atoms with van der Waals surface area (Å²) in [5, 5.41) is 2.28. The van der Waals surface area contributed by atoms with Gasteiger partial charge in [0.15, 0.2) is 5.69 Å². The summed E-state index contributed by atoms with van der Waals surface area (Å²) in [7, 11) is -3.61. The minimum Gasteiger partial charge on any atom is -0.347 e. The quantitative estimate of drug-likeness (QED) is 0.804. The minimum atomic E-state index is -3.61. The average Bonchev–Trinajstić information content (AvgIpc) is 2.53. The van der Waals surface area contributed by atoms with Crippen molar-refractivity contribution in [3.63, 3.8) is 0 Å². The zero-order valence-corrected chi connectivity index (χ0v) is 14.1. The van der Waals surface area contributed by atoms with Crippen LogP contribution in [-0.4, -0.2) is 30.0 Å². The zero-order valence-electron chi connectivity index (χ0n) is 12.5. The Kier molecular flexibility index (Phi) is 5.68. The molecule has 1 aromatic heterocycles. The van der Waals surface area contributed by atoms with Crippen molar-refractivity contribution >= 4 is 27.3 Å². The van der Waals surface area contributed by atoms with Gasteiger partial charge in [-0.3, -0.25) is 4.79 Å². The summed E-state index contributed by atoms with van der Waals surface area (Å²) < 4.78 is 24.0. The lowest BCUT2D eigenvalue weighted by Crippen LogP contribution is -2.25. The molecule has 2 rings (SSSR count). The van der Waals surface area contributed by atoms with Crippen molar-refractivity contribution in [1.29, 1.82) is 0 Å². The first kappa shape index (κ1) is 17.4. The van der Waals surface area contributed by atoms with Gasteiger partial charge in [0.2, 0.25) is 15.0 Å². The van der Waals surface area contributed by atoms with Crippen LogP contribution in [0.5, 0.6) is 0 Å². The highest BCUT2D eigenvalue weighted by Crippen LogP contribution is 2.15. The summed E-state index contributed by atoms with van der Waals surface area (Å²) in [6, 6.07) is 9.30. The normalized spacial score (nSPS) is 11.2. The number of amides is 1. The van der Waals surface area contributed by atoms with E-state index in [1.54, 1.807) is 6.92 Å². The third kappa shape index (κ3) is 4.49. The first-order valence-electron chi connectivity index (χ1n) is 7.01. The van der Waals surface area contributed by atoms with Gasteiger partial charge in [0.1, 0.15) is 0 Å². The van der Waals surface area contributed by atoms with Crippen LogP contribution in [0.25, 0.3) is 0 Å². The van der Waals surface area contributed by atoms with E-state index in [4.69, 9.17) is 11.6 Å². The largest absolute Gasteiger partial charge is 0.347 e. The highest BCUT2D eigenvalue weighted by atomic mass is 35.5. The topological polar surface area (TPSA) is 89.0 Å². The third-order valence-corrected chi connectivity index (χ3v) is 4.96. The van der Waals surface area contributed by atoms with Gasteiger partial charge in [-0.05, 0) is 12.0 Å². The van der Waals surface area contributed by atoms with Crippen LogP contribution in [0.4, 0.5) is 0 Å². The lowest BCUT2D eigenvalue weighted by molar-refractivity contribution is 0.0945. The summed E-state index contributed by atoms with van der Waals surface area (Å²) in [6.07, 6.45) is 1.57. The van der Waals surface area contributed by atoms with Crippen molar-refractivity contribution in [2.75, 3.05) is 5.75 Å². The van der Waals surface area contributed by atoms with Crippen LogP contribution in [0.3, 0.4) is 0 Å². The molecular formula is C15H16ClN3O3S. The monoisotopic (exact) mass is 353 g/mol. The van der Waals surface area contributed by atoms with Crippen molar-refractivity contribution in [3.8, 4) is 0 Å². The van der Waals surface area contributed by atoms with Gasteiger partial charge in [0.25, 0.3) is 5.91 Å². The molecule has 23 heavy (non-hydrogen) atoms. The molecule has 6 nitrogen and oxygen atoms in total. The molecule has 0 saturated heterocycles. The van der Waals surface area contributed by atoms with Crippen LogP contribution in [0.2, 0.25) is 5.02 Å². The van der Waals surface area contributed by atoms with Gasteiger partial charge in [-0.25, -0.2) is 18.4 Å². The molecule has 1 amide bonds. The first-order chi connectivity index (χ1) is 10.9. The molecule has 2 aromatic rings. The van der Waals surface area contributed by atoms with Crippen molar-refractivity contribution < 1.29 is 13.2 Å². The van der Waals surface area contributed by atoms with Crippen molar-refractivity contribution in [2.24, 2.45) is 0 Å². The molecule has 0 saturated carbocycles. The number of benzene rings is 1. The van der Waals surface area contributed by atoms with E-state index in [0.29, 0.717) is 6.42 Å². The Morgan fingerprint density at radius 2 is 1.96 bits per heavy atom. The molecule has 0 unspecified atom stereocenters. The second kappa shape index (κ2) is 7.52. The second-order valence-electron chi connectivity index (χ2n) is 4.84. The summed E-state index contributed by atoms with van der Waals surface area (Å²) in [5.41, 5.74) is 0.761. The maximum Gasteiger partial charge on any atom is 0.271 e. The third-order valence-electron chi connectivity index (χ3n) is 2.98. The van der Waals surface area contributed by atoms with E-state index >= 15 is 0 Å². The predicted octanol–water partition coefficient (Wildman–Crippen LogP) is 2.24. The lowest BCUT2D eigenvalue weighted by Gasteiger charge is -2.08. The van der Waals surface area contributed by atoms with Crippen LogP contribution in [-0.2, 0) is 16.4 Å². The SMILES string of the molecule is CCCS(=O)(=O)c1ncc(Cl)c(C(=O)NCc2ccccc2)n1.